The molecule has 0 spiro atoms. The molecule has 2 aromatic heterocycles. The van der Waals surface area contributed by atoms with Crippen LogP contribution in [0.3, 0.4) is 0 Å². The van der Waals surface area contributed by atoms with E-state index in [0.717, 1.165) is 31.6 Å². The van der Waals surface area contributed by atoms with E-state index in [9.17, 15) is 4.79 Å². The number of nitrogens with zero attached hydrogens (tertiary/aromatic N) is 5. The Labute approximate surface area is 122 Å². The van der Waals surface area contributed by atoms with Gasteiger partial charge in [-0.25, -0.2) is 9.97 Å². The maximum Gasteiger partial charge on any atom is 0.271 e. The number of rotatable bonds is 3. The number of piperidine rings is 1. The van der Waals surface area contributed by atoms with Crippen molar-refractivity contribution in [3.05, 3.63) is 36.0 Å². The molecule has 1 fully saturated rings. The highest BCUT2D eigenvalue weighted by Gasteiger charge is 2.25. The van der Waals surface area contributed by atoms with Crippen molar-refractivity contribution in [3.63, 3.8) is 0 Å². The summed E-state index contributed by atoms with van der Waals surface area (Å²) in [5.41, 5.74) is 6.74. The van der Waals surface area contributed by atoms with Gasteiger partial charge in [-0.05, 0) is 18.9 Å². The SMILES string of the molecule is Cn1ccc(C2CCN(c3nccnc3C(N)=O)CC2)n1. The first-order chi connectivity index (χ1) is 10.1. The molecular weight excluding hydrogens is 268 g/mol. The topological polar surface area (TPSA) is 89.9 Å². The number of hydrogen-bond acceptors (Lipinski definition) is 5. The maximum absolute atomic E-state index is 11.4. The van der Waals surface area contributed by atoms with Crippen molar-refractivity contribution in [1.29, 1.82) is 0 Å². The van der Waals surface area contributed by atoms with Gasteiger partial charge in [-0.2, -0.15) is 5.10 Å². The number of amides is 1. The Morgan fingerprint density at radius 2 is 2.00 bits per heavy atom. The van der Waals surface area contributed by atoms with E-state index in [1.165, 1.54) is 6.20 Å². The quantitative estimate of drug-likeness (QED) is 0.896. The van der Waals surface area contributed by atoms with E-state index in [4.69, 9.17) is 5.73 Å². The Hall–Kier alpha value is -2.44. The van der Waals surface area contributed by atoms with Crippen LogP contribution in [0.1, 0.15) is 34.9 Å². The van der Waals surface area contributed by atoms with Gasteiger partial charge in [0.15, 0.2) is 11.5 Å². The molecule has 1 aliphatic rings. The van der Waals surface area contributed by atoms with Gasteiger partial charge in [-0.3, -0.25) is 9.48 Å². The summed E-state index contributed by atoms with van der Waals surface area (Å²) in [4.78, 5) is 21.8. The molecular formula is C14H18N6O. The van der Waals surface area contributed by atoms with Crippen molar-refractivity contribution in [2.75, 3.05) is 18.0 Å². The first-order valence-corrected chi connectivity index (χ1v) is 7.00. The van der Waals surface area contributed by atoms with Crippen molar-refractivity contribution in [3.8, 4) is 0 Å². The van der Waals surface area contributed by atoms with Gasteiger partial charge < -0.3 is 10.6 Å². The minimum absolute atomic E-state index is 0.244. The lowest BCUT2D eigenvalue weighted by molar-refractivity contribution is 0.0995. The van der Waals surface area contributed by atoms with E-state index in [-0.39, 0.29) is 5.69 Å². The minimum Gasteiger partial charge on any atom is -0.364 e. The van der Waals surface area contributed by atoms with Crippen LogP contribution in [0.2, 0.25) is 0 Å². The number of carbonyl (C=O) groups is 1. The van der Waals surface area contributed by atoms with Crippen LogP contribution in [-0.4, -0.2) is 38.7 Å². The Morgan fingerprint density at radius 1 is 1.29 bits per heavy atom. The smallest absolute Gasteiger partial charge is 0.271 e. The molecule has 2 aromatic rings. The summed E-state index contributed by atoms with van der Waals surface area (Å²) in [7, 11) is 1.93. The van der Waals surface area contributed by atoms with Gasteiger partial charge >= 0.3 is 0 Å². The zero-order valence-corrected chi connectivity index (χ0v) is 11.9. The minimum atomic E-state index is -0.537. The molecule has 3 rings (SSSR count). The molecule has 110 valence electrons. The molecule has 0 aromatic carbocycles. The molecule has 0 unspecified atom stereocenters. The van der Waals surface area contributed by atoms with Crippen molar-refractivity contribution in [1.82, 2.24) is 19.7 Å². The van der Waals surface area contributed by atoms with Crippen LogP contribution in [0.15, 0.2) is 24.7 Å². The molecule has 21 heavy (non-hydrogen) atoms. The van der Waals surface area contributed by atoms with Gasteiger partial charge in [0.1, 0.15) is 0 Å². The lowest BCUT2D eigenvalue weighted by Crippen LogP contribution is -2.35. The van der Waals surface area contributed by atoms with Gasteiger partial charge in [-0.1, -0.05) is 0 Å². The van der Waals surface area contributed by atoms with E-state index in [0.29, 0.717) is 11.7 Å². The summed E-state index contributed by atoms with van der Waals surface area (Å²) < 4.78 is 1.83. The summed E-state index contributed by atoms with van der Waals surface area (Å²) in [5.74, 6) is 0.505. The Kier molecular flexibility index (Phi) is 3.55. The van der Waals surface area contributed by atoms with Crippen molar-refractivity contribution < 1.29 is 4.79 Å². The molecule has 1 amide bonds. The zero-order chi connectivity index (χ0) is 14.8. The fourth-order valence-electron chi connectivity index (χ4n) is 2.77. The summed E-state index contributed by atoms with van der Waals surface area (Å²) in [5, 5.41) is 4.47. The van der Waals surface area contributed by atoms with Crippen LogP contribution < -0.4 is 10.6 Å². The normalized spacial score (nSPS) is 16.1. The first kappa shape index (κ1) is 13.5. The molecule has 3 heterocycles. The molecule has 0 aliphatic carbocycles. The lowest BCUT2D eigenvalue weighted by atomic mass is 9.93. The van der Waals surface area contributed by atoms with Crippen molar-refractivity contribution in [2.45, 2.75) is 18.8 Å². The first-order valence-electron chi connectivity index (χ1n) is 7.00. The number of hydrogen-bond donors (Lipinski definition) is 1. The van der Waals surface area contributed by atoms with Crippen LogP contribution in [0, 0.1) is 0 Å². The molecule has 0 saturated carbocycles. The zero-order valence-electron chi connectivity index (χ0n) is 11.9. The number of aryl methyl sites for hydroxylation is 1. The Balaban J connectivity index is 1.73. The van der Waals surface area contributed by atoms with Gasteiger partial charge in [0.2, 0.25) is 0 Å². The molecule has 1 saturated heterocycles. The van der Waals surface area contributed by atoms with Crippen molar-refractivity contribution in [2.24, 2.45) is 12.8 Å². The van der Waals surface area contributed by atoms with E-state index >= 15 is 0 Å². The second-order valence-electron chi connectivity index (χ2n) is 5.27. The van der Waals surface area contributed by atoms with Gasteiger partial charge in [0.05, 0.1) is 5.69 Å². The van der Waals surface area contributed by atoms with Crippen molar-refractivity contribution >= 4 is 11.7 Å². The van der Waals surface area contributed by atoms with E-state index in [2.05, 4.69) is 26.0 Å². The van der Waals surface area contributed by atoms with Crippen LogP contribution in [-0.2, 0) is 7.05 Å². The number of nitrogens with two attached hydrogens (primary N) is 1. The summed E-state index contributed by atoms with van der Waals surface area (Å²) in [6, 6.07) is 2.07. The van der Waals surface area contributed by atoms with E-state index in [1.807, 2.05) is 17.9 Å². The fourth-order valence-corrected chi connectivity index (χ4v) is 2.77. The van der Waals surface area contributed by atoms with Gasteiger partial charge in [-0.15, -0.1) is 0 Å². The molecule has 1 aliphatic heterocycles. The van der Waals surface area contributed by atoms with Gasteiger partial charge in [0, 0.05) is 44.6 Å². The van der Waals surface area contributed by atoms with Crippen LogP contribution in [0.25, 0.3) is 0 Å². The summed E-state index contributed by atoms with van der Waals surface area (Å²) >= 11 is 0. The second kappa shape index (κ2) is 5.51. The lowest BCUT2D eigenvalue weighted by Gasteiger charge is -2.32. The average Bonchev–Trinajstić information content (AvgIpc) is 2.94. The van der Waals surface area contributed by atoms with E-state index in [1.54, 1.807) is 6.20 Å². The average molecular weight is 286 g/mol. The number of aromatic nitrogens is 4. The van der Waals surface area contributed by atoms with Gasteiger partial charge in [0.25, 0.3) is 5.91 Å². The maximum atomic E-state index is 11.4. The predicted molar refractivity (Wildman–Crippen MR) is 77.9 cm³/mol. The molecule has 7 nitrogen and oxygen atoms in total. The predicted octanol–water partition coefficient (Wildman–Crippen LogP) is 0.693. The molecule has 2 N–H and O–H groups in total. The Morgan fingerprint density at radius 3 is 2.62 bits per heavy atom. The van der Waals surface area contributed by atoms with Crippen LogP contribution in [0.4, 0.5) is 5.82 Å². The third-order valence-electron chi connectivity index (χ3n) is 3.86. The van der Waals surface area contributed by atoms with Crippen LogP contribution in [0.5, 0.6) is 0 Å². The number of anilines is 1. The highest BCUT2D eigenvalue weighted by molar-refractivity contribution is 5.95. The third-order valence-corrected chi connectivity index (χ3v) is 3.86. The standard InChI is InChI=1S/C14H18N6O/c1-19-7-4-11(18-19)10-2-8-20(9-3-10)14-12(13(15)21)16-5-6-17-14/h4-7,10H,2-3,8-9H2,1H3,(H2,15,21). The highest BCUT2D eigenvalue weighted by Crippen LogP contribution is 2.29. The molecule has 0 bridgehead atoms. The third kappa shape index (κ3) is 2.72. The summed E-state index contributed by atoms with van der Waals surface area (Å²) in [6.07, 6.45) is 7.00. The van der Waals surface area contributed by atoms with Crippen LogP contribution >= 0.6 is 0 Å². The molecule has 0 atom stereocenters. The summed E-state index contributed by atoms with van der Waals surface area (Å²) in [6.45, 7) is 1.64. The fraction of sp³-hybridized carbons (Fsp3) is 0.429. The molecule has 0 radical (unpaired) electrons. The Bertz CT molecular complexity index is 644. The van der Waals surface area contributed by atoms with E-state index < -0.39 is 5.91 Å². The number of carbonyl (C=O) groups excluding carboxylic acids is 1. The largest absolute Gasteiger partial charge is 0.364 e. The number of primary amides is 1. The molecule has 7 heteroatoms. The monoisotopic (exact) mass is 286 g/mol. The second-order valence-corrected chi connectivity index (χ2v) is 5.27. The highest BCUT2D eigenvalue weighted by atomic mass is 16.1.